The number of nitriles is 1. The minimum Gasteiger partial charge on any atom is -0.497 e. The van der Waals surface area contributed by atoms with Crippen LogP contribution in [-0.2, 0) is 47.2 Å². The van der Waals surface area contributed by atoms with E-state index in [0.29, 0.717) is 44.9 Å². The maximum absolute atomic E-state index is 17.0. The van der Waals surface area contributed by atoms with Crippen molar-refractivity contribution in [1.29, 1.82) is 5.26 Å². The van der Waals surface area contributed by atoms with Crippen molar-refractivity contribution in [2.45, 2.75) is 133 Å². The number of benzene rings is 7. The second-order valence-corrected chi connectivity index (χ2v) is 32.5. The molecule has 11 aromatic rings. The summed E-state index contributed by atoms with van der Waals surface area (Å²) < 4.78 is 98.1. The number of H-pyrrole nitrogens is 1. The second-order valence-electron chi connectivity index (χ2n) is 28.8. The van der Waals surface area contributed by atoms with Gasteiger partial charge in [0.2, 0.25) is 0 Å². The zero-order valence-corrected chi connectivity index (χ0v) is 68.5. The van der Waals surface area contributed by atoms with Gasteiger partial charge < -0.3 is 52.6 Å². The molecule has 3 aliphatic heterocycles. The molecule has 3 aliphatic rings. The van der Waals surface area contributed by atoms with Crippen LogP contribution in [0.25, 0.3) is 11.2 Å². The SMILES string of the molecule is COc1ccc(C(OC[C@@H]2O[C@@H](n3ccc(NC(=O)c4ccccc4)nc3=O)C[C@H]2C(c2cc[c]c(Cl)c2)[C@H]2O[C@@H](n3cc(C)c(=O)[nH]c3=O)C[C@@H]2OP(=O)(OC[C@H]2O[C@@H](n3cnc4c(NC(=O)c5ccccc5)ncnc43)C[C@@H]2OP(OCCC#N)N(C(C)C)C(C)C)Oc2ccccc2Cl)(c2ccccc2)c2ccc(OC)cc2)cc1. The Morgan fingerprint density at radius 3 is 1.97 bits per heavy atom. The third-order valence-corrected chi connectivity index (χ3v) is 24.7. The van der Waals surface area contributed by atoms with Gasteiger partial charge in [-0.15, -0.1) is 0 Å². The number of nitrogens with zero attached hydrogens (tertiary/aromatic N) is 9. The summed E-state index contributed by atoms with van der Waals surface area (Å²) in [6, 6.07) is 59.4. The Bertz CT molecular complexity index is 5560. The number of imidazole rings is 1. The number of aromatic amines is 1. The summed E-state index contributed by atoms with van der Waals surface area (Å²) in [5.74, 6) is -1.80. The smallest absolute Gasteiger partial charge is 0.497 e. The van der Waals surface area contributed by atoms with E-state index in [-0.39, 0.29) is 95.1 Å². The van der Waals surface area contributed by atoms with E-state index in [4.69, 9.17) is 74.2 Å². The molecule has 3 saturated heterocycles. The lowest BCUT2D eigenvalue weighted by molar-refractivity contribution is -0.0964. The van der Waals surface area contributed by atoms with Crippen LogP contribution in [0, 0.1) is 30.2 Å². The molecule has 2 amide bonds. The molecule has 3 N–H and O–H groups in total. The first kappa shape index (κ1) is 83.8. The molecule has 0 saturated carbocycles. The first-order chi connectivity index (χ1) is 57.1. The number of rotatable bonds is 33. The number of carbonyl (C=O) groups excluding carboxylic acids is 2. The fraction of sp³-hybridized carbons (Fsp3) is 0.318. The largest absolute Gasteiger partial charge is 0.530 e. The number of fused-ring (bicyclic) bond motifs is 1. The van der Waals surface area contributed by atoms with E-state index in [1.807, 2.05) is 111 Å². The monoisotopic (exact) mass is 1680 g/mol. The molecule has 3 fully saturated rings. The molecular formula is C85H85Cl2N12O17P2. The van der Waals surface area contributed by atoms with Gasteiger partial charge in [-0.05, 0) is 136 Å². The average molecular weight is 1680 g/mol. The number of halogens is 2. The molecule has 0 bridgehead atoms. The standard InChI is InChI=1S/C85H85Cl2N12O17P2/c1-52(2)99(53(3)4)117(109-42-20-40-88)114-67-45-74(98-51-91-76-78(89-50-90-79(76)98)94-82(102)56-23-13-9-14-24-56)112-70(67)49-110-118(105,115-66-30-18-17-29-65(66)87)116-68-46-73(97-47-54(5)80(100)95-84(97)104)113-77(68)75(57-25-19-28-61(86)43-57)64-44-72(96-41-39-71(93-83(96)103)92-81(101)55-21-11-8-12-22-55)111-69(64)48-108-85(58-26-15-10-16-27-58,59-31-35-62(106-6)36-32-59)60-33-37-63(107-7)38-34-60/h8-19,21-27,29-39,41,43,47,50-53,64,67-70,72-75,77H,20,42,44-46,48-49H2,1-7H3,(H,95,100,104)(H,89,90,94,102)(H,92,93,101,103)/t64-,67+,68+,69+,70-,72-,73-,74-,75?,77+,117?,118?/m1/s1. The summed E-state index contributed by atoms with van der Waals surface area (Å²) >= 11 is 14.1. The molecule has 118 heavy (non-hydrogen) atoms. The number of aryl methyl sites for hydroxylation is 1. The highest BCUT2D eigenvalue weighted by Gasteiger charge is 2.55. The number of amides is 2. The Balaban J connectivity index is 0.888. The first-order valence-corrected chi connectivity index (χ1v) is 41.5. The number of nitrogens with one attached hydrogen (secondary N) is 3. The molecular weight excluding hydrogens is 1590 g/mol. The highest BCUT2D eigenvalue weighted by Crippen LogP contribution is 2.59. The van der Waals surface area contributed by atoms with Crippen LogP contribution in [0.1, 0.15) is 127 Å². The van der Waals surface area contributed by atoms with Gasteiger partial charge in [-0.2, -0.15) is 10.2 Å². The number of phosphoric acid groups is 1. The normalized spacial score (nSPS) is 20.3. The number of ether oxygens (including phenoxy) is 6. The fourth-order valence-electron chi connectivity index (χ4n) is 15.1. The van der Waals surface area contributed by atoms with Gasteiger partial charge in [0.05, 0.1) is 76.2 Å². The van der Waals surface area contributed by atoms with Crippen molar-refractivity contribution >= 4 is 74.2 Å². The Kier molecular flexibility index (Phi) is 26.7. The average Bonchev–Trinajstić information content (AvgIpc) is 1.30. The van der Waals surface area contributed by atoms with Crippen LogP contribution < -0.4 is 41.6 Å². The lowest BCUT2D eigenvalue weighted by Crippen LogP contribution is -2.41. The number of para-hydroxylation sites is 1. The molecule has 1 radical (unpaired) electrons. The summed E-state index contributed by atoms with van der Waals surface area (Å²) in [5.41, 5.74) is 0.152. The van der Waals surface area contributed by atoms with Gasteiger partial charge >= 0.3 is 19.2 Å². The van der Waals surface area contributed by atoms with Gasteiger partial charge in [0.1, 0.15) is 65.9 Å². The van der Waals surface area contributed by atoms with Crippen LogP contribution in [0.15, 0.2) is 227 Å². The van der Waals surface area contributed by atoms with Crippen LogP contribution in [0.5, 0.6) is 17.2 Å². The molecule has 7 aromatic carbocycles. The Labute approximate surface area is 690 Å². The lowest BCUT2D eigenvalue weighted by atomic mass is 9.76. The van der Waals surface area contributed by atoms with Crippen LogP contribution in [0.3, 0.4) is 0 Å². The molecule has 4 aromatic heterocycles. The van der Waals surface area contributed by atoms with Gasteiger partial charge in [-0.1, -0.05) is 138 Å². The van der Waals surface area contributed by atoms with Crippen molar-refractivity contribution in [3.8, 4) is 23.3 Å². The van der Waals surface area contributed by atoms with E-state index in [9.17, 15) is 29.2 Å². The van der Waals surface area contributed by atoms with E-state index >= 15 is 4.57 Å². The van der Waals surface area contributed by atoms with Crippen LogP contribution in [0.4, 0.5) is 11.6 Å². The van der Waals surface area contributed by atoms with E-state index in [0.717, 1.165) is 0 Å². The first-order valence-electron chi connectivity index (χ1n) is 38.2. The van der Waals surface area contributed by atoms with E-state index in [1.54, 1.807) is 110 Å². The predicted molar refractivity (Wildman–Crippen MR) is 440 cm³/mol. The molecule has 7 heterocycles. The minimum atomic E-state index is -5.28. The number of phosphoric ester groups is 1. The van der Waals surface area contributed by atoms with Gasteiger partial charge in [0.25, 0.3) is 25.9 Å². The van der Waals surface area contributed by atoms with Crippen molar-refractivity contribution < 1.29 is 65.2 Å². The van der Waals surface area contributed by atoms with E-state index in [1.165, 1.54) is 59.3 Å². The molecule has 611 valence electrons. The quantitative estimate of drug-likeness (QED) is 0.0195. The topological polar surface area (TPSA) is 337 Å². The molecule has 33 heteroatoms. The van der Waals surface area contributed by atoms with Crippen LogP contribution >= 0.6 is 39.6 Å². The number of hydrogen-bond donors (Lipinski definition) is 3. The Morgan fingerprint density at radius 1 is 0.720 bits per heavy atom. The van der Waals surface area contributed by atoms with Crippen LogP contribution in [0.2, 0.25) is 10.0 Å². The number of methoxy groups -OCH3 is 2. The van der Waals surface area contributed by atoms with Gasteiger partial charge in [0.15, 0.2) is 17.0 Å². The highest BCUT2D eigenvalue weighted by atomic mass is 35.5. The van der Waals surface area contributed by atoms with Crippen LogP contribution in [-0.4, -0.2) is 132 Å². The predicted octanol–water partition coefficient (Wildman–Crippen LogP) is 15.1. The fourth-order valence-corrected chi connectivity index (χ4v) is 18.7. The second kappa shape index (κ2) is 37.5. The third-order valence-electron chi connectivity index (χ3n) is 20.6. The molecule has 0 aliphatic carbocycles. The summed E-state index contributed by atoms with van der Waals surface area (Å²) in [4.78, 5) is 90.2. The van der Waals surface area contributed by atoms with Crippen molar-refractivity contribution in [2.75, 3.05) is 44.7 Å². The number of anilines is 2. The van der Waals surface area contributed by atoms with Crippen molar-refractivity contribution in [3.63, 3.8) is 0 Å². The zero-order chi connectivity index (χ0) is 82.8. The lowest BCUT2D eigenvalue weighted by Gasteiger charge is -2.39. The Morgan fingerprint density at radius 2 is 1.33 bits per heavy atom. The highest BCUT2D eigenvalue weighted by molar-refractivity contribution is 7.49. The number of hydrogen-bond acceptors (Lipinski definition) is 23. The van der Waals surface area contributed by atoms with Gasteiger partial charge in [-0.25, -0.2) is 33.8 Å². The van der Waals surface area contributed by atoms with Gasteiger partial charge in [-0.3, -0.25) is 42.1 Å². The molecule has 12 atom stereocenters. The summed E-state index contributed by atoms with van der Waals surface area (Å²) in [5, 5.41) is 15.5. The Hall–Kier alpha value is -10.6. The van der Waals surface area contributed by atoms with E-state index < -0.39 is 118 Å². The molecule has 14 rings (SSSR count). The summed E-state index contributed by atoms with van der Waals surface area (Å²) in [6.07, 6.45) is -4.19. The van der Waals surface area contributed by atoms with Crippen molar-refractivity contribution in [3.05, 3.63) is 299 Å². The van der Waals surface area contributed by atoms with Crippen molar-refractivity contribution in [2.24, 2.45) is 5.92 Å². The maximum atomic E-state index is 17.0. The minimum absolute atomic E-state index is 0.00819. The zero-order valence-electron chi connectivity index (χ0n) is 65.2. The van der Waals surface area contributed by atoms with Crippen molar-refractivity contribution in [1.82, 2.24) is 43.3 Å². The number of aromatic nitrogens is 8. The van der Waals surface area contributed by atoms with Gasteiger partial charge in [0, 0.05) is 76.9 Å². The molecule has 29 nitrogen and oxygen atoms in total. The molecule has 3 unspecified atom stereocenters. The maximum Gasteiger partial charge on any atom is 0.530 e. The summed E-state index contributed by atoms with van der Waals surface area (Å²) in [7, 11) is -4.13. The number of carbonyl (C=O) groups is 2. The third kappa shape index (κ3) is 18.8. The van der Waals surface area contributed by atoms with E-state index in [2.05, 4.69) is 47.7 Å². The summed E-state index contributed by atoms with van der Waals surface area (Å²) in [6.45, 7) is 8.63. The molecule has 0 spiro atoms.